The van der Waals surface area contributed by atoms with E-state index in [1.165, 1.54) is 6.92 Å². The molecule has 0 saturated heterocycles. The second-order valence-electron chi connectivity index (χ2n) is 1.65. The van der Waals surface area contributed by atoms with Crippen LogP contribution in [-0.4, -0.2) is 12.6 Å². The van der Waals surface area contributed by atoms with Crippen molar-refractivity contribution in [2.75, 3.05) is 6.61 Å². The molecule has 11 heavy (non-hydrogen) atoms. The van der Waals surface area contributed by atoms with E-state index in [4.69, 9.17) is 0 Å². The number of hydrogen-bond donors (Lipinski definition) is 0. The summed E-state index contributed by atoms with van der Waals surface area (Å²) in [6, 6.07) is 0. The molecule has 0 rings (SSSR count). The van der Waals surface area contributed by atoms with Crippen LogP contribution >= 0.6 is 27.2 Å². The molecule has 63 valence electrons. The Labute approximate surface area is 88.8 Å². The molecule has 0 N–H and O–H groups in total. The average molecular weight is 340 g/mol. The fourth-order valence-electron chi connectivity index (χ4n) is 0.318. The molecule has 0 unspecified atom stereocenters. The summed E-state index contributed by atoms with van der Waals surface area (Å²) in [5, 5.41) is 0. The van der Waals surface area contributed by atoms with Gasteiger partial charge in [-0.25, -0.2) is 0 Å². The van der Waals surface area contributed by atoms with E-state index in [1.807, 2.05) is 0 Å². The maximum Gasteiger partial charge on any atom is 0.302 e. The van der Waals surface area contributed by atoms with Crippen LogP contribution in [0.5, 0.6) is 0 Å². The maximum absolute atomic E-state index is 10.1. The Bertz CT molecular complexity index is 90.7. The fraction of sp³-hybridized carbons (Fsp3) is 0.667. The van der Waals surface area contributed by atoms with Gasteiger partial charge >= 0.3 is 46.4 Å². The van der Waals surface area contributed by atoms with Crippen molar-refractivity contribution in [1.82, 2.24) is 0 Å². The van der Waals surface area contributed by atoms with Crippen molar-refractivity contribution < 1.29 is 22.7 Å². The normalized spacial score (nSPS) is 7.27. The van der Waals surface area contributed by atoms with Crippen LogP contribution in [0.2, 0.25) is 0 Å². The molecular formula is C6H11Br2O2Zn. The quantitative estimate of drug-likeness (QED) is 0.449. The summed E-state index contributed by atoms with van der Waals surface area (Å²) in [4.78, 5) is 10.1. The van der Waals surface area contributed by atoms with E-state index in [-0.39, 0.29) is 19.2 Å². The second kappa shape index (κ2) is 13.6. The third kappa shape index (κ3) is 24.7. The van der Waals surface area contributed by atoms with Gasteiger partial charge in [0.15, 0.2) is 0 Å². The Balaban J connectivity index is 0. The van der Waals surface area contributed by atoms with Crippen molar-refractivity contribution in [1.29, 1.82) is 0 Å². The zero-order valence-corrected chi connectivity index (χ0v) is 12.7. The topological polar surface area (TPSA) is 26.3 Å². The minimum absolute atomic E-state index is 0.210. The number of rotatable bonds is 3. The van der Waals surface area contributed by atoms with Crippen LogP contribution in [0, 0.1) is 6.92 Å². The van der Waals surface area contributed by atoms with Crippen molar-refractivity contribution in [2.24, 2.45) is 0 Å². The van der Waals surface area contributed by atoms with Gasteiger partial charge in [0, 0.05) is 6.92 Å². The van der Waals surface area contributed by atoms with Gasteiger partial charge in [0.1, 0.15) is 0 Å². The van der Waals surface area contributed by atoms with Crippen LogP contribution in [0.1, 0.15) is 19.8 Å². The molecule has 0 heterocycles. The van der Waals surface area contributed by atoms with Gasteiger partial charge in [-0.15, -0.1) is 0 Å². The monoisotopic (exact) mass is 337 g/mol. The van der Waals surface area contributed by atoms with Gasteiger partial charge in [-0.05, 0) is 6.42 Å². The largest absolute Gasteiger partial charge is 0.466 e. The number of unbranched alkanes of at least 4 members (excludes halogenated alkanes) is 1. The number of halogens is 2. The van der Waals surface area contributed by atoms with Crippen LogP contribution in [0.4, 0.5) is 0 Å². The molecule has 0 aromatic carbocycles. The molecule has 0 amide bonds. The minimum Gasteiger partial charge on any atom is -0.466 e. The molecule has 0 atom stereocenters. The van der Waals surface area contributed by atoms with Crippen LogP contribution in [0.25, 0.3) is 0 Å². The number of ether oxygens (including phenoxy) is 1. The second-order valence-corrected chi connectivity index (χ2v) is 15.7. The molecule has 0 bridgehead atoms. The number of hydrogen-bond acceptors (Lipinski definition) is 2. The summed E-state index contributed by atoms with van der Waals surface area (Å²) in [6.07, 6.45) is 1.69. The maximum atomic E-state index is 10.1. The van der Waals surface area contributed by atoms with Crippen molar-refractivity contribution in [2.45, 2.75) is 19.8 Å². The van der Waals surface area contributed by atoms with Crippen LogP contribution in [0.15, 0.2) is 0 Å². The van der Waals surface area contributed by atoms with E-state index in [0.717, 1.165) is 12.8 Å². The molecular weight excluding hydrogens is 329 g/mol. The Morgan fingerprint density at radius 1 is 1.64 bits per heavy atom. The van der Waals surface area contributed by atoms with Gasteiger partial charge in [-0.3, -0.25) is 4.79 Å². The van der Waals surface area contributed by atoms with Gasteiger partial charge in [-0.1, -0.05) is 13.3 Å². The Hall–Kier alpha value is 1.05. The molecule has 2 nitrogen and oxygen atoms in total. The van der Waals surface area contributed by atoms with Gasteiger partial charge in [0.05, 0.1) is 6.61 Å². The van der Waals surface area contributed by atoms with E-state index in [0.29, 0.717) is 6.61 Å². The fourth-order valence-corrected chi connectivity index (χ4v) is 0.318. The molecule has 0 aromatic heterocycles. The van der Waals surface area contributed by atoms with Crippen molar-refractivity contribution in [3.8, 4) is 0 Å². The van der Waals surface area contributed by atoms with Crippen molar-refractivity contribution in [3.63, 3.8) is 0 Å². The van der Waals surface area contributed by atoms with E-state index in [2.05, 4.69) is 38.9 Å². The smallest absolute Gasteiger partial charge is 0.302 e. The number of esters is 1. The SMILES string of the molecule is [Br][Zn][Br].[CH2]CCCOC(C)=O. The summed E-state index contributed by atoms with van der Waals surface area (Å²) in [7, 11) is 0. The van der Waals surface area contributed by atoms with Crippen LogP contribution < -0.4 is 0 Å². The molecule has 0 fully saturated rings. The molecule has 0 spiro atoms. The van der Waals surface area contributed by atoms with Crippen LogP contribution in [0.3, 0.4) is 0 Å². The molecule has 1 radical (unpaired) electrons. The Kier molecular flexibility index (Phi) is 18.1. The standard InChI is InChI=1S/C6H11O2.2BrH.Zn/c1-3-4-5-8-6(2)7;;;/h1,3-5H2,2H3;2*1H;/q;;;+2/p-2. The van der Waals surface area contributed by atoms with Gasteiger partial charge in [-0.2, -0.15) is 0 Å². The summed E-state index contributed by atoms with van der Waals surface area (Å²) >= 11 is 6.25. The van der Waals surface area contributed by atoms with E-state index in [1.54, 1.807) is 0 Å². The van der Waals surface area contributed by atoms with E-state index in [9.17, 15) is 4.79 Å². The summed E-state index contributed by atoms with van der Waals surface area (Å²) < 4.78 is 4.60. The first-order valence-corrected chi connectivity index (χ1v) is 17.1. The first-order chi connectivity index (χ1) is 5.18. The third-order valence-electron chi connectivity index (χ3n) is 0.700. The molecule has 0 saturated carbocycles. The summed E-state index contributed by atoms with van der Waals surface area (Å²) in [6.45, 7) is 5.51. The Morgan fingerprint density at radius 3 is 2.36 bits per heavy atom. The predicted molar refractivity (Wildman–Crippen MR) is 49.1 cm³/mol. The van der Waals surface area contributed by atoms with E-state index >= 15 is 0 Å². The number of carbonyl (C=O) groups excluding carboxylic acids is 1. The molecule has 0 aliphatic rings. The van der Waals surface area contributed by atoms with Crippen molar-refractivity contribution in [3.05, 3.63) is 6.92 Å². The van der Waals surface area contributed by atoms with Gasteiger partial charge in [0.2, 0.25) is 0 Å². The molecule has 0 aromatic rings. The number of carbonyl (C=O) groups is 1. The summed E-state index contributed by atoms with van der Waals surface area (Å²) in [5.41, 5.74) is 0. The Morgan fingerprint density at radius 2 is 2.09 bits per heavy atom. The zero-order valence-electron chi connectivity index (χ0n) is 6.61. The van der Waals surface area contributed by atoms with Crippen LogP contribution in [-0.2, 0) is 22.7 Å². The first kappa shape index (κ1) is 14.6. The summed E-state index contributed by atoms with van der Waals surface area (Å²) in [5.74, 6) is -0.210. The van der Waals surface area contributed by atoms with Gasteiger partial charge < -0.3 is 4.74 Å². The molecule has 0 aliphatic carbocycles. The molecule has 0 aliphatic heterocycles. The first-order valence-electron chi connectivity index (χ1n) is 3.23. The molecule has 5 heteroatoms. The third-order valence-corrected chi connectivity index (χ3v) is 0.700. The van der Waals surface area contributed by atoms with E-state index < -0.39 is 0 Å². The average Bonchev–Trinajstić information content (AvgIpc) is 1.89. The predicted octanol–water partition coefficient (Wildman–Crippen LogP) is 2.85. The van der Waals surface area contributed by atoms with Gasteiger partial charge in [0.25, 0.3) is 0 Å². The zero-order chi connectivity index (χ0) is 9.11. The van der Waals surface area contributed by atoms with Crippen molar-refractivity contribution >= 4 is 33.2 Å². The minimum atomic E-state index is -0.250.